The maximum atomic E-state index is 13.9. The van der Waals surface area contributed by atoms with E-state index in [1.165, 1.54) is 19.4 Å². The van der Waals surface area contributed by atoms with Crippen LogP contribution >= 0.6 is 11.6 Å². The van der Waals surface area contributed by atoms with Gasteiger partial charge in [0.1, 0.15) is 0 Å². The van der Waals surface area contributed by atoms with Gasteiger partial charge in [0.25, 0.3) is 0 Å². The molecule has 1 aromatic carbocycles. The summed E-state index contributed by atoms with van der Waals surface area (Å²) in [5.41, 5.74) is 0.220. The third-order valence-electron chi connectivity index (χ3n) is 4.96. The largest absolute Gasteiger partial charge is 0.459 e. The third-order valence-corrected chi connectivity index (χ3v) is 5.31. The average molecular weight is 441 g/mol. The molecule has 0 aliphatic heterocycles. The number of halogens is 6. The van der Waals surface area contributed by atoms with Crippen molar-refractivity contribution in [2.45, 2.75) is 30.9 Å². The highest BCUT2D eigenvalue weighted by molar-refractivity contribution is 6.31. The summed E-state index contributed by atoms with van der Waals surface area (Å²) >= 11 is 6.24. The molecule has 1 saturated carbocycles. The van der Waals surface area contributed by atoms with Crippen molar-refractivity contribution in [1.82, 2.24) is 19.6 Å². The van der Waals surface area contributed by atoms with E-state index < -0.39 is 23.4 Å². The smallest absolute Gasteiger partial charge is 0.249 e. The van der Waals surface area contributed by atoms with Crippen molar-refractivity contribution in [3.8, 4) is 29.3 Å². The van der Waals surface area contributed by atoms with Crippen LogP contribution < -0.4 is 0 Å². The molecule has 0 N–H and O–H groups in total. The van der Waals surface area contributed by atoms with E-state index in [-0.39, 0.29) is 5.82 Å². The van der Waals surface area contributed by atoms with Crippen LogP contribution in [0.15, 0.2) is 30.6 Å². The van der Waals surface area contributed by atoms with Crippen LogP contribution in [-0.4, -0.2) is 25.7 Å². The van der Waals surface area contributed by atoms with E-state index in [2.05, 4.69) is 10.2 Å². The second-order valence-electron chi connectivity index (χ2n) is 7.07. The first-order chi connectivity index (χ1) is 14.0. The van der Waals surface area contributed by atoms with Crippen LogP contribution in [0.25, 0.3) is 16.9 Å². The molecule has 0 atom stereocenters. The normalized spacial score (nSPS) is 14.7. The Balaban J connectivity index is 1.78. The molecule has 0 unspecified atom stereocenters. The van der Waals surface area contributed by atoms with Crippen molar-refractivity contribution < 1.29 is 22.0 Å². The summed E-state index contributed by atoms with van der Waals surface area (Å²) in [6, 6.07) is 5.47. The van der Waals surface area contributed by atoms with E-state index in [0.717, 1.165) is 33.3 Å². The lowest BCUT2D eigenvalue weighted by Gasteiger charge is -2.17. The molecule has 0 bridgehead atoms. The molecule has 2 aromatic heterocycles. The number of hydrogen-bond donors (Lipinski definition) is 0. The Morgan fingerprint density at radius 1 is 1.17 bits per heavy atom. The van der Waals surface area contributed by atoms with Gasteiger partial charge in [0.15, 0.2) is 11.5 Å². The Morgan fingerprint density at radius 2 is 1.87 bits per heavy atom. The Morgan fingerprint density at radius 3 is 2.47 bits per heavy atom. The topological polar surface area (TPSA) is 35.6 Å². The van der Waals surface area contributed by atoms with Crippen molar-refractivity contribution in [1.29, 1.82) is 0 Å². The van der Waals surface area contributed by atoms with E-state index >= 15 is 0 Å². The van der Waals surface area contributed by atoms with Gasteiger partial charge in [0, 0.05) is 23.8 Å². The van der Waals surface area contributed by atoms with Crippen molar-refractivity contribution in [2.24, 2.45) is 7.05 Å². The predicted octanol–water partition coefficient (Wildman–Crippen LogP) is 5.44. The second kappa shape index (κ2) is 6.84. The standard InChI is InChI=1S/C20H14ClF5N4/c1-3-14-17(19(22,23)20(24,25)26)28-29(2)18(14)30-10-13(9-27-30)12-6-7-16(21)15(8-12)11-4-5-11/h1,6-11H,4-5H2,2H3. The molecule has 4 nitrogen and oxygen atoms in total. The summed E-state index contributed by atoms with van der Waals surface area (Å²) in [4.78, 5) is 0. The summed E-state index contributed by atoms with van der Waals surface area (Å²) in [6.45, 7) is 0. The highest BCUT2D eigenvalue weighted by Gasteiger charge is 2.62. The number of aryl methyl sites for hydroxylation is 1. The first-order valence-electron chi connectivity index (χ1n) is 8.88. The number of rotatable bonds is 4. The molecule has 156 valence electrons. The Labute approximate surface area is 173 Å². The summed E-state index contributed by atoms with van der Waals surface area (Å²) in [7, 11) is 1.22. The van der Waals surface area contributed by atoms with E-state index in [0.29, 0.717) is 16.5 Å². The van der Waals surface area contributed by atoms with Crippen molar-refractivity contribution >= 4 is 11.6 Å². The molecule has 30 heavy (non-hydrogen) atoms. The molecule has 0 saturated heterocycles. The SMILES string of the molecule is C#Cc1c(C(F)(F)C(F)(F)F)nn(C)c1-n1cc(-c2ccc(Cl)c(C3CC3)c2)cn1. The maximum Gasteiger partial charge on any atom is 0.459 e. The van der Waals surface area contributed by atoms with E-state index in [1.54, 1.807) is 12.1 Å². The van der Waals surface area contributed by atoms with Gasteiger partial charge < -0.3 is 0 Å². The molecule has 10 heteroatoms. The van der Waals surface area contributed by atoms with Gasteiger partial charge in [0.05, 0.1) is 11.8 Å². The Hall–Kier alpha value is -2.86. The lowest BCUT2D eigenvalue weighted by molar-refractivity contribution is -0.291. The van der Waals surface area contributed by atoms with Crippen LogP contribution in [0.2, 0.25) is 5.02 Å². The van der Waals surface area contributed by atoms with Crippen molar-refractivity contribution in [3.05, 3.63) is 52.4 Å². The molecule has 1 aliphatic rings. The quantitative estimate of drug-likeness (QED) is 0.400. The first kappa shape index (κ1) is 20.4. The van der Waals surface area contributed by atoms with Crippen LogP contribution in [0.3, 0.4) is 0 Å². The zero-order valence-electron chi connectivity index (χ0n) is 15.5. The molecule has 3 aromatic rings. The van der Waals surface area contributed by atoms with Gasteiger partial charge in [-0.15, -0.1) is 6.42 Å². The second-order valence-corrected chi connectivity index (χ2v) is 7.48. The molecule has 0 radical (unpaired) electrons. The van der Waals surface area contributed by atoms with Gasteiger partial charge in [0.2, 0.25) is 0 Å². The van der Waals surface area contributed by atoms with Gasteiger partial charge in [-0.2, -0.15) is 32.1 Å². The van der Waals surface area contributed by atoms with Crippen molar-refractivity contribution in [3.63, 3.8) is 0 Å². The van der Waals surface area contributed by atoms with Crippen LogP contribution in [0.5, 0.6) is 0 Å². The summed E-state index contributed by atoms with van der Waals surface area (Å²) in [6.07, 6.45) is 4.52. The number of aromatic nitrogens is 4. The van der Waals surface area contributed by atoms with E-state index in [9.17, 15) is 22.0 Å². The minimum absolute atomic E-state index is 0.168. The van der Waals surface area contributed by atoms with Crippen molar-refractivity contribution in [2.75, 3.05) is 0 Å². The highest BCUT2D eigenvalue weighted by Crippen LogP contribution is 2.46. The minimum atomic E-state index is -5.83. The summed E-state index contributed by atoms with van der Waals surface area (Å²) < 4.78 is 68.4. The number of nitrogens with zero attached hydrogens (tertiary/aromatic N) is 4. The number of benzene rings is 1. The monoisotopic (exact) mass is 440 g/mol. The maximum absolute atomic E-state index is 13.9. The summed E-state index contributed by atoms with van der Waals surface area (Å²) in [5, 5.41) is 8.13. The van der Waals surface area contributed by atoms with Crippen LogP contribution in [-0.2, 0) is 13.0 Å². The molecular weight excluding hydrogens is 427 g/mol. The highest BCUT2D eigenvalue weighted by atomic mass is 35.5. The lowest BCUT2D eigenvalue weighted by Crippen LogP contribution is -2.34. The molecule has 0 spiro atoms. The average Bonchev–Trinajstić information content (AvgIpc) is 3.29. The van der Waals surface area contributed by atoms with Crippen LogP contribution in [0.1, 0.15) is 35.6 Å². The Bertz CT molecular complexity index is 1170. The molecule has 0 amide bonds. The fourth-order valence-electron chi connectivity index (χ4n) is 3.28. The Kier molecular flexibility index (Phi) is 4.66. The molecule has 1 aliphatic carbocycles. The van der Waals surface area contributed by atoms with Gasteiger partial charge in [-0.1, -0.05) is 23.6 Å². The zero-order chi connectivity index (χ0) is 21.8. The molecule has 2 heterocycles. The zero-order valence-corrected chi connectivity index (χ0v) is 16.3. The van der Waals surface area contributed by atoms with Gasteiger partial charge >= 0.3 is 12.1 Å². The molecular formula is C20H14ClF5N4. The minimum Gasteiger partial charge on any atom is -0.249 e. The van der Waals surface area contributed by atoms with Gasteiger partial charge in [-0.3, -0.25) is 0 Å². The van der Waals surface area contributed by atoms with Crippen LogP contribution in [0.4, 0.5) is 22.0 Å². The predicted molar refractivity (Wildman–Crippen MR) is 101 cm³/mol. The fourth-order valence-corrected chi connectivity index (χ4v) is 3.55. The van der Waals surface area contributed by atoms with Gasteiger partial charge in [-0.05, 0) is 42.0 Å². The number of hydrogen-bond acceptors (Lipinski definition) is 2. The number of terminal acetylenes is 1. The van der Waals surface area contributed by atoms with E-state index in [4.69, 9.17) is 18.0 Å². The third kappa shape index (κ3) is 3.25. The molecule has 1 fully saturated rings. The first-order valence-corrected chi connectivity index (χ1v) is 9.26. The number of alkyl halides is 5. The molecule has 4 rings (SSSR count). The lowest BCUT2D eigenvalue weighted by atomic mass is 10.0. The summed E-state index contributed by atoms with van der Waals surface area (Å²) in [5.74, 6) is -3.05. The van der Waals surface area contributed by atoms with E-state index in [1.807, 2.05) is 12.0 Å². The fraction of sp³-hybridized carbons (Fsp3) is 0.300. The van der Waals surface area contributed by atoms with Gasteiger partial charge in [-0.25, -0.2) is 9.36 Å². The van der Waals surface area contributed by atoms with Crippen LogP contribution in [0, 0.1) is 12.3 Å².